The Morgan fingerprint density at radius 1 is 1.14 bits per heavy atom. The van der Waals surface area contributed by atoms with Gasteiger partial charge in [-0.2, -0.15) is 0 Å². The van der Waals surface area contributed by atoms with Gasteiger partial charge < -0.3 is 4.42 Å². The lowest BCUT2D eigenvalue weighted by Gasteiger charge is -2.06. The average Bonchev–Trinajstić information content (AvgIpc) is 3.41. The van der Waals surface area contributed by atoms with Gasteiger partial charge in [0.25, 0.3) is 5.91 Å². The molecule has 7 nitrogen and oxygen atoms in total. The summed E-state index contributed by atoms with van der Waals surface area (Å²) >= 11 is 1.35. The molecule has 1 N–H and O–H groups in total. The molecule has 0 spiro atoms. The van der Waals surface area contributed by atoms with Crippen LogP contribution in [0.5, 0.6) is 0 Å². The van der Waals surface area contributed by atoms with Crippen LogP contribution in [0.4, 0.5) is 0 Å². The first-order chi connectivity index (χ1) is 13.6. The molecular weight excluding hydrogens is 374 g/mol. The fourth-order valence-corrected chi connectivity index (χ4v) is 4.40. The average molecular weight is 389 g/mol. The third-order valence-electron chi connectivity index (χ3n) is 4.59. The van der Waals surface area contributed by atoms with Gasteiger partial charge in [-0.1, -0.05) is 12.1 Å². The summed E-state index contributed by atoms with van der Waals surface area (Å²) in [5.74, 6) is 0.915. The van der Waals surface area contributed by atoms with E-state index in [2.05, 4.69) is 20.4 Å². The molecule has 0 saturated heterocycles. The third kappa shape index (κ3) is 2.57. The quantitative estimate of drug-likeness (QED) is 0.497. The minimum Gasteiger partial charge on any atom is -0.461 e. The first-order valence-electron chi connectivity index (χ1n) is 8.67. The van der Waals surface area contributed by atoms with E-state index in [0.29, 0.717) is 16.5 Å². The predicted octanol–water partition coefficient (Wildman–Crippen LogP) is 4.30. The second kappa shape index (κ2) is 6.28. The summed E-state index contributed by atoms with van der Waals surface area (Å²) in [6.45, 7) is 3.84. The first kappa shape index (κ1) is 16.6. The van der Waals surface area contributed by atoms with Gasteiger partial charge in [-0.15, -0.1) is 11.3 Å². The summed E-state index contributed by atoms with van der Waals surface area (Å²) in [5, 5.41) is 0.904. The van der Waals surface area contributed by atoms with E-state index in [1.807, 2.05) is 44.2 Å². The molecule has 8 heteroatoms. The number of fused-ring (bicyclic) bond motifs is 2. The number of aromatic nitrogens is 4. The number of nitrogens with one attached hydrogen (secondary N) is 1. The van der Waals surface area contributed by atoms with Crippen LogP contribution in [0.15, 0.2) is 53.4 Å². The van der Waals surface area contributed by atoms with Crippen molar-refractivity contribution in [2.75, 3.05) is 5.43 Å². The fourth-order valence-electron chi connectivity index (χ4n) is 3.28. The van der Waals surface area contributed by atoms with Gasteiger partial charge in [0, 0.05) is 5.39 Å². The van der Waals surface area contributed by atoms with Gasteiger partial charge in [-0.25, -0.2) is 19.6 Å². The third-order valence-corrected chi connectivity index (χ3v) is 5.78. The topological polar surface area (TPSA) is 85.8 Å². The SMILES string of the molecule is Cc1nc(-c2ccco2)nc2sc(C(=O)Nn3cnc4ccccc43)c(C)c12. The highest BCUT2D eigenvalue weighted by molar-refractivity contribution is 7.20. The van der Waals surface area contributed by atoms with Gasteiger partial charge >= 0.3 is 0 Å². The maximum absolute atomic E-state index is 13.0. The standard InChI is InChI=1S/C20H15N5O2S/c1-11-16-12(2)22-18(15-8-5-9-27-15)23-20(16)28-17(11)19(26)24-25-10-21-13-6-3-4-7-14(13)25/h3-10H,1-2H3,(H,24,26). The summed E-state index contributed by atoms with van der Waals surface area (Å²) in [6, 6.07) is 11.2. The molecule has 0 aliphatic heterocycles. The Hall–Kier alpha value is -3.52. The molecule has 0 aliphatic rings. The molecule has 138 valence electrons. The number of rotatable bonds is 3. The predicted molar refractivity (Wildman–Crippen MR) is 108 cm³/mol. The number of amides is 1. The van der Waals surface area contributed by atoms with E-state index in [1.165, 1.54) is 11.3 Å². The van der Waals surface area contributed by atoms with Crippen LogP contribution in [-0.4, -0.2) is 25.5 Å². The van der Waals surface area contributed by atoms with E-state index in [4.69, 9.17) is 4.42 Å². The van der Waals surface area contributed by atoms with Crippen LogP contribution in [0.3, 0.4) is 0 Å². The zero-order valence-corrected chi connectivity index (χ0v) is 15.9. The molecule has 5 aromatic rings. The number of thiophene rings is 1. The summed E-state index contributed by atoms with van der Waals surface area (Å²) < 4.78 is 7.04. The van der Waals surface area contributed by atoms with Crippen LogP contribution in [-0.2, 0) is 0 Å². The minimum atomic E-state index is -0.206. The fraction of sp³-hybridized carbons (Fsp3) is 0.100. The first-order valence-corrected chi connectivity index (χ1v) is 9.48. The number of aryl methyl sites for hydroxylation is 2. The number of hydrogen-bond donors (Lipinski definition) is 1. The van der Waals surface area contributed by atoms with E-state index in [-0.39, 0.29) is 5.91 Å². The van der Waals surface area contributed by atoms with Crippen LogP contribution < -0.4 is 5.43 Å². The van der Waals surface area contributed by atoms with E-state index in [0.717, 1.165) is 32.5 Å². The highest BCUT2D eigenvalue weighted by Gasteiger charge is 2.20. The van der Waals surface area contributed by atoms with Crippen LogP contribution in [0.25, 0.3) is 32.8 Å². The molecule has 1 aromatic carbocycles. The van der Waals surface area contributed by atoms with Crippen molar-refractivity contribution in [1.82, 2.24) is 19.6 Å². The summed E-state index contributed by atoms with van der Waals surface area (Å²) in [5.41, 5.74) is 6.25. The van der Waals surface area contributed by atoms with Crippen molar-refractivity contribution >= 4 is 38.5 Å². The van der Waals surface area contributed by atoms with E-state index in [9.17, 15) is 4.79 Å². The maximum Gasteiger partial charge on any atom is 0.280 e. The highest BCUT2D eigenvalue weighted by atomic mass is 32.1. The Kier molecular flexibility index (Phi) is 3.73. The van der Waals surface area contributed by atoms with Gasteiger partial charge in [-0.05, 0) is 43.7 Å². The summed E-state index contributed by atoms with van der Waals surface area (Å²) in [6.07, 6.45) is 3.19. The van der Waals surface area contributed by atoms with Gasteiger partial charge in [0.1, 0.15) is 11.2 Å². The number of benzene rings is 1. The molecule has 0 atom stereocenters. The van der Waals surface area contributed by atoms with Gasteiger partial charge in [-0.3, -0.25) is 10.2 Å². The second-order valence-corrected chi connectivity index (χ2v) is 7.39. The van der Waals surface area contributed by atoms with Crippen molar-refractivity contribution in [3.8, 4) is 11.6 Å². The van der Waals surface area contributed by atoms with Gasteiger partial charge in [0.2, 0.25) is 0 Å². The smallest absolute Gasteiger partial charge is 0.280 e. The minimum absolute atomic E-state index is 0.206. The number of furan rings is 1. The maximum atomic E-state index is 13.0. The zero-order valence-electron chi connectivity index (χ0n) is 15.1. The van der Waals surface area contributed by atoms with Crippen LogP contribution in [0.2, 0.25) is 0 Å². The number of imidazole rings is 1. The number of hydrogen-bond acceptors (Lipinski definition) is 6. The Morgan fingerprint density at radius 3 is 2.82 bits per heavy atom. The molecule has 0 fully saturated rings. The molecular formula is C20H15N5O2S. The van der Waals surface area contributed by atoms with Gasteiger partial charge in [0.05, 0.1) is 27.9 Å². The normalized spacial score (nSPS) is 11.4. The molecule has 0 aliphatic carbocycles. The Balaban J connectivity index is 1.56. The monoisotopic (exact) mass is 389 g/mol. The number of para-hydroxylation sites is 2. The van der Waals surface area contributed by atoms with Crippen molar-refractivity contribution in [3.63, 3.8) is 0 Å². The Bertz CT molecular complexity index is 1330. The van der Waals surface area contributed by atoms with Gasteiger partial charge in [0.15, 0.2) is 11.6 Å². The molecule has 4 heterocycles. The second-order valence-electron chi connectivity index (χ2n) is 6.39. The van der Waals surface area contributed by atoms with Crippen molar-refractivity contribution in [3.05, 3.63) is 65.1 Å². The lowest BCUT2D eigenvalue weighted by molar-refractivity contribution is 0.101. The molecule has 0 unspecified atom stereocenters. The van der Waals surface area contributed by atoms with E-state index in [1.54, 1.807) is 23.3 Å². The zero-order chi connectivity index (χ0) is 19.3. The Morgan fingerprint density at radius 2 is 2.00 bits per heavy atom. The Labute approximate surface area is 163 Å². The van der Waals surface area contributed by atoms with Crippen molar-refractivity contribution in [2.24, 2.45) is 0 Å². The van der Waals surface area contributed by atoms with Crippen molar-refractivity contribution < 1.29 is 9.21 Å². The molecule has 0 bridgehead atoms. The molecule has 28 heavy (non-hydrogen) atoms. The summed E-state index contributed by atoms with van der Waals surface area (Å²) in [7, 11) is 0. The van der Waals surface area contributed by atoms with Crippen LogP contribution in [0, 0.1) is 13.8 Å². The van der Waals surface area contributed by atoms with Crippen LogP contribution in [0.1, 0.15) is 20.9 Å². The molecule has 0 saturated carbocycles. The van der Waals surface area contributed by atoms with Crippen molar-refractivity contribution in [2.45, 2.75) is 13.8 Å². The van der Waals surface area contributed by atoms with Crippen molar-refractivity contribution in [1.29, 1.82) is 0 Å². The van der Waals surface area contributed by atoms with E-state index < -0.39 is 0 Å². The molecule has 0 radical (unpaired) electrons. The largest absolute Gasteiger partial charge is 0.461 e. The molecule has 1 amide bonds. The van der Waals surface area contributed by atoms with Crippen LogP contribution >= 0.6 is 11.3 Å². The van der Waals surface area contributed by atoms with E-state index >= 15 is 0 Å². The lowest BCUT2D eigenvalue weighted by Crippen LogP contribution is -2.21. The molecule has 4 aromatic heterocycles. The number of carbonyl (C=O) groups excluding carboxylic acids is 1. The molecule has 5 rings (SSSR count). The highest BCUT2D eigenvalue weighted by Crippen LogP contribution is 2.33. The summed E-state index contributed by atoms with van der Waals surface area (Å²) in [4.78, 5) is 27.8. The lowest BCUT2D eigenvalue weighted by atomic mass is 10.1. The number of carbonyl (C=O) groups is 1. The number of nitrogens with zero attached hydrogens (tertiary/aromatic N) is 4.